The molecule has 0 aliphatic carbocycles. The van der Waals surface area contributed by atoms with Crippen molar-refractivity contribution in [3.05, 3.63) is 22.7 Å². The van der Waals surface area contributed by atoms with Crippen LogP contribution in [0.5, 0.6) is 0 Å². The number of methoxy groups -OCH3 is 1. The zero-order chi connectivity index (χ0) is 15.1. The molecule has 1 aromatic rings. The van der Waals surface area contributed by atoms with E-state index in [0.717, 1.165) is 0 Å². The summed E-state index contributed by atoms with van der Waals surface area (Å²) in [5, 5.41) is 0. The van der Waals surface area contributed by atoms with Gasteiger partial charge in [0.05, 0.1) is 11.6 Å². The molecule has 0 radical (unpaired) electrons. The molecule has 2 N–H and O–H groups in total. The molecule has 0 spiro atoms. The van der Waals surface area contributed by atoms with Crippen LogP contribution in [0.4, 0.5) is 5.82 Å². The van der Waals surface area contributed by atoms with Crippen LogP contribution in [0.2, 0.25) is 0 Å². The Labute approximate surface area is 124 Å². The molecule has 0 amide bonds. The van der Waals surface area contributed by atoms with Gasteiger partial charge in [-0.2, -0.15) is 0 Å². The first-order valence-corrected chi connectivity index (χ1v) is 6.97. The van der Waals surface area contributed by atoms with E-state index in [4.69, 9.17) is 22.7 Å². The number of ether oxygens (including phenoxy) is 1. The maximum Gasteiger partial charge on any atom is 0.293 e. The third-order valence-corrected chi connectivity index (χ3v) is 3.10. The number of hydrogen-bond acceptors (Lipinski definition) is 5. The van der Waals surface area contributed by atoms with Gasteiger partial charge in [0, 0.05) is 45.1 Å². The van der Waals surface area contributed by atoms with Gasteiger partial charge in [-0.15, -0.1) is 0 Å². The van der Waals surface area contributed by atoms with Crippen molar-refractivity contribution in [1.82, 2.24) is 9.55 Å². The summed E-state index contributed by atoms with van der Waals surface area (Å²) in [6.45, 7) is 5.56. The Morgan fingerprint density at radius 2 is 2.25 bits per heavy atom. The van der Waals surface area contributed by atoms with Crippen molar-refractivity contribution in [2.45, 2.75) is 26.3 Å². The van der Waals surface area contributed by atoms with Gasteiger partial charge in [-0.05, 0) is 13.8 Å². The first kappa shape index (κ1) is 16.6. The topological polar surface area (TPSA) is 73.4 Å². The van der Waals surface area contributed by atoms with Crippen molar-refractivity contribution in [1.29, 1.82) is 0 Å². The van der Waals surface area contributed by atoms with E-state index in [-0.39, 0.29) is 11.6 Å². The SMILES string of the molecule is COCCN(CCC(N)=S)c1nccn(C(C)C)c1=O. The number of rotatable bonds is 8. The van der Waals surface area contributed by atoms with Crippen molar-refractivity contribution in [3.8, 4) is 0 Å². The maximum atomic E-state index is 12.4. The van der Waals surface area contributed by atoms with Crippen LogP contribution in [0.1, 0.15) is 26.3 Å². The number of anilines is 1. The van der Waals surface area contributed by atoms with Crippen molar-refractivity contribution in [2.24, 2.45) is 5.73 Å². The van der Waals surface area contributed by atoms with Crippen molar-refractivity contribution in [3.63, 3.8) is 0 Å². The molecule has 0 aromatic carbocycles. The molecule has 20 heavy (non-hydrogen) atoms. The zero-order valence-electron chi connectivity index (χ0n) is 12.2. The summed E-state index contributed by atoms with van der Waals surface area (Å²) in [6.07, 6.45) is 3.87. The number of aromatic nitrogens is 2. The fourth-order valence-corrected chi connectivity index (χ4v) is 1.90. The van der Waals surface area contributed by atoms with Crippen LogP contribution < -0.4 is 16.2 Å². The second kappa shape index (κ2) is 7.96. The predicted molar refractivity (Wildman–Crippen MR) is 84.4 cm³/mol. The summed E-state index contributed by atoms with van der Waals surface area (Å²) >= 11 is 4.89. The van der Waals surface area contributed by atoms with E-state index >= 15 is 0 Å². The molecule has 0 fully saturated rings. The monoisotopic (exact) mass is 298 g/mol. The fourth-order valence-electron chi connectivity index (χ4n) is 1.81. The van der Waals surface area contributed by atoms with Crippen LogP contribution in [0.25, 0.3) is 0 Å². The van der Waals surface area contributed by atoms with Crippen molar-refractivity contribution in [2.75, 3.05) is 31.7 Å². The van der Waals surface area contributed by atoms with E-state index in [0.29, 0.717) is 36.9 Å². The van der Waals surface area contributed by atoms with Crippen LogP contribution in [0.3, 0.4) is 0 Å². The highest BCUT2D eigenvalue weighted by Gasteiger charge is 2.14. The normalized spacial score (nSPS) is 10.8. The number of hydrogen-bond donors (Lipinski definition) is 1. The fraction of sp³-hybridized carbons (Fsp3) is 0.615. The number of nitrogens with zero attached hydrogens (tertiary/aromatic N) is 3. The first-order chi connectivity index (χ1) is 9.47. The third kappa shape index (κ3) is 4.57. The average Bonchev–Trinajstić information content (AvgIpc) is 2.39. The van der Waals surface area contributed by atoms with Crippen molar-refractivity contribution >= 4 is 23.0 Å². The van der Waals surface area contributed by atoms with E-state index in [2.05, 4.69) is 4.98 Å². The van der Waals surface area contributed by atoms with Gasteiger partial charge in [0.25, 0.3) is 5.56 Å². The zero-order valence-corrected chi connectivity index (χ0v) is 13.0. The van der Waals surface area contributed by atoms with Crippen LogP contribution in [0, 0.1) is 0 Å². The molecular formula is C13H22N4O2S. The van der Waals surface area contributed by atoms with E-state index in [1.807, 2.05) is 18.7 Å². The highest BCUT2D eigenvalue weighted by molar-refractivity contribution is 7.80. The van der Waals surface area contributed by atoms with Crippen LogP contribution >= 0.6 is 12.2 Å². The lowest BCUT2D eigenvalue weighted by Gasteiger charge is -2.23. The lowest BCUT2D eigenvalue weighted by Crippen LogP contribution is -2.37. The molecule has 1 aromatic heterocycles. The van der Waals surface area contributed by atoms with Crippen molar-refractivity contribution < 1.29 is 4.74 Å². The second-order valence-corrected chi connectivity index (χ2v) is 5.28. The highest BCUT2D eigenvalue weighted by Crippen LogP contribution is 2.07. The van der Waals surface area contributed by atoms with Gasteiger partial charge in [0.15, 0.2) is 5.82 Å². The third-order valence-electron chi connectivity index (χ3n) is 2.90. The molecule has 0 aliphatic rings. The van der Waals surface area contributed by atoms with Crippen LogP contribution in [0.15, 0.2) is 17.2 Å². The Bertz CT molecular complexity index is 501. The van der Waals surface area contributed by atoms with Crippen LogP contribution in [-0.4, -0.2) is 41.3 Å². The standard InChI is InChI=1S/C13H22N4O2S/c1-10(2)17-7-5-15-12(13(17)18)16(8-9-19-3)6-4-11(14)20/h5,7,10H,4,6,8-9H2,1-3H3,(H2,14,20). The summed E-state index contributed by atoms with van der Waals surface area (Å²) in [5.74, 6) is 0.412. The molecule has 6 nitrogen and oxygen atoms in total. The van der Waals surface area contributed by atoms with E-state index in [1.165, 1.54) is 0 Å². The molecular weight excluding hydrogens is 276 g/mol. The molecule has 1 heterocycles. The van der Waals surface area contributed by atoms with Gasteiger partial charge in [0.2, 0.25) is 0 Å². The molecule has 1 rings (SSSR count). The van der Waals surface area contributed by atoms with Gasteiger partial charge in [0.1, 0.15) is 0 Å². The summed E-state index contributed by atoms with van der Waals surface area (Å²) < 4.78 is 6.73. The molecule has 0 saturated heterocycles. The summed E-state index contributed by atoms with van der Waals surface area (Å²) in [6, 6.07) is 0.0871. The molecule has 7 heteroatoms. The van der Waals surface area contributed by atoms with E-state index in [1.54, 1.807) is 24.1 Å². The Hall–Kier alpha value is -1.47. The minimum absolute atomic E-state index is 0.0871. The minimum Gasteiger partial charge on any atom is -0.393 e. The Morgan fingerprint density at radius 3 is 2.80 bits per heavy atom. The molecule has 0 aliphatic heterocycles. The summed E-state index contributed by atoms with van der Waals surface area (Å²) in [7, 11) is 1.62. The molecule has 0 bridgehead atoms. The van der Waals surface area contributed by atoms with Gasteiger partial charge < -0.3 is 19.9 Å². The lowest BCUT2D eigenvalue weighted by atomic mass is 10.3. The maximum absolute atomic E-state index is 12.4. The Morgan fingerprint density at radius 1 is 1.55 bits per heavy atom. The molecule has 112 valence electrons. The summed E-state index contributed by atoms with van der Waals surface area (Å²) in [5.41, 5.74) is 5.42. The lowest BCUT2D eigenvalue weighted by molar-refractivity contribution is 0.205. The second-order valence-electron chi connectivity index (χ2n) is 4.75. The van der Waals surface area contributed by atoms with Gasteiger partial charge in [-0.25, -0.2) is 4.98 Å². The Balaban J connectivity index is 3.03. The smallest absolute Gasteiger partial charge is 0.293 e. The molecule has 0 unspecified atom stereocenters. The molecule has 0 atom stereocenters. The van der Waals surface area contributed by atoms with E-state index < -0.39 is 0 Å². The Kier molecular flexibility index (Phi) is 6.60. The minimum atomic E-state index is -0.110. The van der Waals surface area contributed by atoms with E-state index in [9.17, 15) is 4.79 Å². The van der Waals surface area contributed by atoms with Crippen LogP contribution in [-0.2, 0) is 4.74 Å². The number of nitrogens with two attached hydrogens (primary N) is 1. The van der Waals surface area contributed by atoms with Gasteiger partial charge in [-0.1, -0.05) is 12.2 Å². The average molecular weight is 298 g/mol. The largest absolute Gasteiger partial charge is 0.393 e. The predicted octanol–water partition coefficient (Wildman–Crippen LogP) is 0.953. The summed E-state index contributed by atoms with van der Waals surface area (Å²) in [4.78, 5) is 18.9. The highest BCUT2D eigenvalue weighted by atomic mass is 32.1. The van der Waals surface area contributed by atoms with Gasteiger partial charge >= 0.3 is 0 Å². The number of thiocarbonyl (C=S) groups is 1. The quantitative estimate of drug-likeness (QED) is 0.721. The molecule has 0 saturated carbocycles. The van der Waals surface area contributed by atoms with Gasteiger partial charge in [-0.3, -0.25) is 4.79 Å². The first-order valence-electron chi connectivity index (χ1n) is 6.56.